The standard InChI is InChI=1S/C7H5Cl2N3O/c8-1-6-4-13-7(11-6)12-3-5(9)2-10-12/h2-4H,1H2. The third-order valence-electron chi connectivity index (χ3n) is 1.42. The average molecular weight is 218 g/mol. The minimum atomic E-state index is 0.318. The molecule has 0 N–H and O–H groups in total. The summed E-state index contributed by atoms with van der Waals surface area (Å²) in [4.78, 5) is 4.06. The van der Waals surface area contributed by atoms with Gasteiger partial charge in [0.05, 0.1) is 29.0 Å². The molecule has 0 radical (unpaired) electrons. The van der Waals surface area contributed by atoms with Crippen LogP contribution < -0.4 is 0 Å². The minimum Gasteiger partial charge on any atom is -0.430 e. The molecule has 0 saturated carbocycles. The Hall–Kier alpha value is -1.00. The molecule has 2 rings (SSSR count). The summed E-state index contributed by atoms with van der Waals surface area (Å²) in [7, 11) is 0. The zero-order valence-electron chi connectivity index (χ0n) is 6.44. The molecule has 0 atom stereocenters. The smallest absolute Gasteiger partial charge is 0.322 e. The van der Waals surface area contributed by atoms with Gasteiger partial charge in [-0.05, 0) is 0 Å². The molecule has 2 heterocycles. The SMILES string of the molecule is ClCc1coc(-n2cc(Cl)cn2)n1. The first kappa shape index (κ1) is 8.59. The maximum absolute atomic E-state index is 5.67. The van der Waals surface area contributed by atoms with Crippen LogP contribution in [0, 0.1) is 0 Å². The molecule has 4 nitrogen and oxygen atoms in total. The largest absolute Gasteiger partial charge is 0.430 e. The van der Waals surface area contributed by atoms with Gasteiger partial charge in [-0.2, -0.15) is 14.8 Å². The van der Waals surface area contributed by atoms with E-state index in [4.69, 9.17) is 27.6 Å². The van der Waals surface area contributed by atoms with E-state index in [0.29, 0.717) is 22.6 Å². The van der Waals surface area contributed by atoms with Gasteiger partial charge in [0.25, 0.3) is 0 Å². The van der Waals surface area contributed by atoms with Gasteiger partial charge in [0.1, 0.15) is 6.26 Å². The average Bonchev–Trinajstić information content (AvgIpc) is 2.71. The first-order valence-electron chi connectivity index (χ1n) is 3.50. The van der Waals surface area contributed by atoms with Crippen molar-refractivity contribution >= 4 is 23.2 Å². The van der Waals surface area contributed by atoms with Gasteiger partial charge >= 0.3 is 6.01 Å². The van der Waals surface area contributed by atoms with Gasteiger partial charge in [0.2, 0.25) is 0 Å². The summed E-state index contributed by atoms with van der Waals surface area (Å²) < 4.78 is 6.54. The van der Waals surface area contributed by atoms with Crippen molar-refractivity contribution in [1.82, 2.24) is 14.8 Å². The second-order valence-electron chi connectivity index (χ2n) is 2.36. The maximum atomic E-state index is 5.67. The molecule has 0 amide bonds. The number of halogens is 2. The maximum Gasteiger partial charge on any atom is 0.322 e. The summed E-state index contributed by atoms with van der Waals surface area (Å²) in [5.41, 5.74) is 0.670. The van der Waals surface area contributed by atoms with Crippen LogP contribution in [0.2, 0.25) is 5.02 Å². The third-order valence-corrected chi connectivity index (χ3v) is 1.89. The molecule has 0 spiro atoms. The normalized spacial score (nSPS) is 10.6. The Balaban J connectivity index is 2.35. The predicted molar refractivity (Wildman–Crippen MR) is 48.2 cm³/mol. The Morgan fingerprint density at radius 3 is 2.92 bits per heavy atom. The van der Waals surface area contributed by atoms with Crippen LogP contribution in [0.4, 0.5) is 0 Å². The van der Waals surface area contributed by atoms with Gasteiger partial charge in [-0.3, -0.25) is 0 Å². The molecule has 0 aliphatic rings. The van der Waals surface area contributed by atoms with E-state index in [2.05, 4.69) is 10.1 Å². The van der Waals surface area contributed by atoms with Crippen LogP contribution in [0.25, 0.3) is 6.01 Å². The van der Waals surface area contributed by atoms with Crippen molar-refractivity contribution < 1.29 is 4.42 Å². The lowest BCUT2D eigenvalue weighted by molar-refractivity contribution is 0.509. The van der Waals surface area contributed by atoms with Crippen molar-refractivity contribution in [2.24, 2.45) is 0 Å². The summed E-state index contributed by atoms with van der Waals surface area (Å²) in [5.74, 6) is 0.318. The zero-order chi connectivity index (χ0) is 9.26. The molecule has 0 aliphatic carbocycles. The number of rotatable bonds is 2. The number of aromatic nitrogens is 3. The summed E-state index contributed by atoms with van der Waals surface area (Å²) >= 11 is 11.2. The van der Waals surface area contributed by atoms with E-state index in [-0.39, 0.29) is 0 Å². The van der Waals surface area contributed by atoms with Crippen molar-refractivity contribution in [3.05, 3.63) is 29.4 Å². The van der Waals surface area contributed by atoms with Gasteiger partial charge in [0, 0.05) is 0 Å². The van der Waals surface area contributed by atoms with E-state index in [1.165, 1.54) is 17.1 Å². The lowest BCUT2D eigenvalue weighted by atomic mass is 10.6. The van der Waals surface area contributed by atoms with E-state index in [0.717, 1.165) is 0 Å². The Morgan fingerprint density at radius 1 is 1.54 bits per heavy atom. The summed E-state index contributed by atoms with van der Waals surface area (Å²) in [6.07, 6.45) is 4.59. The molecule has 0 aliphatic heterocycles. The number of nitrogens with zero attached hydrogens (tertiary/aromatic N) is 3. The Labute approximate surface area is 84.1 Å². The van der Waals surface area contributed by atoms with Crippen molar-refractivity contribution in [3.8, 4) is 6.01 Å². The topological polar surface area (TPSA) is 43.9 Å². The van der Waals surface area contributed by atoms with Gasteiger partial charge in [-0.1, -0.05) is 11.6 Å². The van der Waals surface area contributed by atoms with Gasteiger partial charge < -0.3 is 4.42 Å². The van der Waals surface area contributed by atoms with Gasteiger partial charge in [-0.15, -0.1) is 11.6 Å². The van der Waals surface area contributed by atoms with Crippen molar-refractivity contribution in [2.75, 3.05) is 0 Å². The molecule has 2 aromatic rings. The van der Waals surface area contributed by atoms with E-state index in [1.54, 1.807) is 6.20 Å². The number of alkyl halides is 1. The summed E-state index contributed by atoms with van der Waals surface area (Å²) in [6.45, 7) is 0. The number of hydrogen-bond acceptors (Lipinski definition) is 3. The molecule has 0 bridgehead atoms. The Bertz CT molecular complexity index is 409. The zero-order valence-corrected chi connectivity index (χ0v) is 7.96. The molecule has 0 fully saturated rings. The lowest BCUT2D eigenvalue weighted by Gasteiger charge is -1.89. The summed E-state index contributed by atoms with van der Waals surface area (Å²) in [5, 5.41) is 4.45. The highest BCUT2D eigenvalue weighted by molar-refractivity contribution is 6.30. The molecular weight excluding hydrogens is 213 g/mol. The van der Waals surface area contributed by atoms with Crippen LogP contribution in [0.1, 0.15) is 5.69 Å². The van der Waals surface area contributed by atoms with Crippen molar-refractivity contribution in [1.29, 1.82) is 0 Å². The fourth-order valence-corrected chi connectivity index (χ4v) is 1.13. The molecule has 0 aromatic carbocycles. The highest BCUT2D eigenvalue weighted by atomic mass is 35.5. The molecule has 0 saturated heterocycles. The Kier molecular flexibility index (Phi) is 2.24. The van der Waals surface area contributed by atoms with E-state index in [1.807, 2.05) is 0 Å². The molecule has 0 unspecified atom stereocenters. The van der Waals surface area contributed by atoms with Crippen LogP contribution in [0.15, 0.2) is 23.1 Å². The van der Waals surface area contributed by atoms with E-state index in [9.17, 15) is 0 Å². The molecular formula is C7H5Cl2N3O. The van der Waals surface area contributed by atoms with Crippen molar-refractivity contribution in [2.45, 2.75) is 5.88 Å². The van der Waals surface area contributed by atoms with Crippen LogP contribution >= 0.6 is 23.2 Å². The molecule has 68 valence electrons. The highest BCUT2D eigenvalue weighted by Gasteiger charge is 2.05. The van der Waals surface area contributed by atoms with Gasteiger partial charge in [-0.25, -0.2) is 0 Å². The third kappa shape index (κ3) is 1.68. The monoisotopic (exact) mass is 217 g/mol. The van der Waals surface area contributed by atoms with Crippen molar-refractivity contribution in [3.63, 3.8) is 0 Å². The second kappa shape index (κ2) is 3.40. The quantitative estimate of drug-likeness (QED) is 0.726. The van der Waals surface area contributed by atoms with Crippen LogP contribution in [0.3, 0.4) is 0 Å². The minimum absolute atomic E-state index is 0.318. The fourth-order valence-electron chi connectivity index (χ4n) is 0.868. The molecule has 2 aromatic heterocycles. The predicted octanol–water partition coefficient (Wildman–Crippen LogP) is 2.25. The second-order valence-corrected chi connectivity index (χ2v) is 3.06. The van der Waals surface area contributed by atoms with Crippen LogP contribution in [-0.2, 0) is 5.88 Å². The first-order chi connectivity index (χ1) is 6.29. The van der Waals surface area contributed by atoms with E-state index >= 15 is 0 Å². The molecule has 13 heavy (non-hydrogen) atoms. The lowest BCUT2D eigenvalue weighted by Crippen LogP contribution is -1.94. The highest BCUT2D eigenvalue weighted by Crippen LogP contribution is 2.12. The molecule has 6 heteroatoms. The Morgan fingerprint density at radius 2 is 2.38 bits per heavy atom. The number of oxazole rings is 1. The first-order valence-corrected chi connectivity index (χ1v) is 4.42. The van der Waals surface area contributed by atoms with Gasteiger partial charge in [0.15, 0.2) is 0 Å². The van der Waals surface area contributed by atoms with Crippen LogP contribution in [0.5, 0.6) is 0 Å². The number of hydrogen-bond donors (Lipinski definition) is 0. The van der Waals surface area contributed by atoms with E-state index < -0.39 is 0 Å². The fraction of sp³-hybridized carbons (Fsp3) is 0.143. The van der Waals surface area contributed by atoms with Crippen LogP contribution in [-0.4, -0.2) is 14.8 Å². The summed E-state index contributed by atoms with van der Waals surface area (Å²) in [6, 6.07) is 0.363.